The second-order valence-corrected chi connectivity index (χ2v) is 8.49. The highest BCUT2D eigenvalue weighted by Crippen LogP contribution is 2.29. The highest BCUT2D eigenvalue weighted by atomic mass is 79.9. The quantitative estimate of drug-likeness (QED) is 0.356. The molecule has 1 fully saturated rings. The number of nitriles is 1. The molecule has 1 aliphatic rings. The molecule has 0 bridgehead atoms. The van der Waals surface area contributed by atoms with Crippen LogP contribution in [0.5, 0.6) is 5.75 Å². The first-order valence-electron chi connectivity index (χ1n) is 10.5. The van der Waals surface area contributed by atoms with E-state index < -0.39 is 5.91 Å². The third-order valence-corrected chi connectivity index (χ3v) is 6.03. The van der Waals surface area contributed by atoms with Crippen molar-refractivity contribution >= 4 is 38.7 Å². The van der Waals surface area contributed by atoms with Crippen LogP contribution in [0.1, 0.15) is 24.0 Å². The van der Waals surface area contributed by atoms with Gasteiger partial charge in [0.1, 0.15) is 24.0 Å². The van der Waals surface area contributed by atoms with E-state index in [-0.39, 0.29) is 11.7 Å². The maximum atomic E-state index is 12.4. The highest BCUT2D eigenvalue weighted by molar-refractivity contribution is 9.10. The summed E-state index contributed by atoms with van der Waals surface area (Å²) in [6, 6.07) is 21.9. The Morgan fingerprint density at radius 2 is 2.06 bits per heavy atom. The van der Waals surface area contributed by atoms with E-state index in [1.54, 1.807) is 6.08 Å². The Labute approximate surface area is 195 Å². The third kappa shape index (κ3) is 5.37. The summed E-state index contributed by atoms with van der Waals surface area (Å²) in [4.78, 5) is 12.4. The summed E-state index contributed by atoms with van der Waals surface area (Å²) in [6.45, 7) is 1.58. The van der Waals surface area contributed by atoms with Crippen LogP contribution in [-0.4, -0.2) is 25.2 Å². The maximum Gasteiger partial charge on any atom is 0.262 e. The molecule has 4 rings (SSSR count). The number of fused-ring (bicyclic) bond motifs is 1. The molecule has 1 amide bonds. The van der Waals surface area contributed by atoms with Gasteiger partial charge in [-0.05, 0) is 68.9 Å². The number of halogens is 1. The van der Waals surface area contributed by atoms with E-state index >= 15 is 0 Å². The van der Waals surface area contributed by atoms with Gasteiger partial charge in [-0.2, -0.15) is 5.26 Å². The third-order valence-electron chi connectivity index (χ3n) is 5.41. The van der Waals surface area contributed by atoms with Crippen molar-refractivity contribution < 1.29 is 14.3 Å². The molecule has 6 heteroatoms. The number of carbonyl (C=O) groups is 1. The second kappa shape index (κ2) is 10.4. The molecule has 0 unspecified atom stereocenters. The lowest BCUT2D eigenvalue weighted by molar-refractivity contribution is -0.117. The predicted molar refractivity (Wildman–Crippen MR) is 128 cm³/mol. The van der Waals surface area contributed by atoms with E-state index in [9.17, 15) is 10.1 Å². The number of carbonyl (C=O) groups excluding carboxylic acids is 1. The Bertz CT molecular complexity index is 1190. The Hall–Kier alpha value is -3.14. The van der Waals surface area contributed by atoms with Gasteiger partial charge < -0.3 is 14.8 Å². The van der Waals surface area contributed by atoms with Crippen LogP contribution in [0.3, 0.4) is 0 Å². The molecule has 1 saturated heterocycles. The van der Waals surface area contributed by atoms with Gasteiger partial charge in [0.2, 0.25) is 0 Å². The summed E-state index contributed by atoms with van der Waals surface area (Å²) in [6.07, 6.45) is 3.54. The van der Waals surface area contributed by atoms with Crippen LogP contribution in [0.4, 0.5) is 0 Å². The fourth-order valence-corrected chi connectivity index (χ4v) is 4.23. The number of rotatable bonds is 7. The molecule has 3 aromatic carbocycles. The molecule has 0 aliphatic carbocycles. The zero-order chi connectivity index (χ0) is 22.3. The normalized spacial score (nSPS) is 16.0. The molecule has 1 aliphatic heterocycles. The average Bonchev–Trinajstić information content (AvgIpc) is 3.34. The van der Waals surface area contributed by atoms with Gasteiger partial charge in [0.25, 0.3) is 5.91 Å². The molecule has 0 saturated carbocycles. The Morgan fingerprint density at radius 1 is 1.22 bits per heavy atom. The molecule has 0 spiro atoms. The van der Waals surface area contributed by atoms with Crippen LogP contribution >= 0.6 is 15.9 Å². The molecule has 3 aromatic rings. The fourth-order valence-electron chi connectivity index (χ4n) is 3.72. The predicted octanol–water partition coefficient (Wildman–Crippen LogP) is 5.38. The summed E-state index contributed by atoms with van der Waals surface area (Å²) < 4.78 is 12.3. The zero-order valence-electron chi connectivity index (χ0n) is 17.5. The lowest BCUT2D eigenvalue weighted by Crippen LogP contribution is -2.32. The van der Waals surface area contributed by atoms with Crippen molar-refractivity contribution in [3.8, 4) is 11.8 Å². The van der Waals surface area contributed by atoms with Gasteiger partial charge in [-0.15, -0.1) is 0 Å². The van der Waals surface area contributed by atoms with Crippen molar-refractivity contribution in [3.63, 3.8) is 0 Å². The highest BCUT2D eigenvalue weighted by Gasteiger charge is 2.17. The van der Waals surface area contributed by atoms with Crippen LogP contribution in [0.25, 0.3) is 16.8 Å². The maximum absolute atomic E-state index is 12.4. The van der Waals surface area contributed by atoms with Crippen molar-refractivity contribution in [1.82, 2.24) is 5.32 Å². The number of nitrogens with one attached hydrogen (secondary N) is 1. The summed E-state index contributed by atoms with van der Waals surface area (Å²) in [5.41, 5.74) is 1.89. The van der Waals surface area contributed by atoms with Crippen molar-refractivity contribution in [2.24, 2.45) is 0 Å². The summed E-state index contributed by atoms with van der Waals surface area (Å²) >= 11 is 3.54. The summed E-state index contributed by atoms with van der Waals surface area (Å²) in [5, 5.41) is 14.5. The van der Waals surface area contributed by atoms with E-state index in [2.05, 4.69) is 45.5 Å². The number of benzene rings is 3. The molecule has 1 atom stereocenters. The number of hydrogen-bond acceptors (Lipinski definition) is 4. The molecule has 0 aromatic heterocycles. The van der Waals surface area contributed by atoms with Gasteiger partial charge in [0, 0.05) is 13.2 Å². The van der Waals surface area contributed by atoms with E-state index in [0.29, 0.717) is 18.9 Å². The smallest absolute Gasteiger partial charge is 0.262 e. The number of hydrogen-bond donors (Lipinski definition) is 1. The fraction of sp³-hybridized carbons (Fsp3) is 0.231. The first-order chi connectivity index (χ1) is 15.6. The number of nitrogens with zero attached hydrogens (tertiary/aromatic N) is 1. The monoisotopic (exact) mass is 490 g/mol. The Morgan fingerprint density at radius 3 is 2.84 bits per heavy atom. The van der Waals surface area contributed by atoms with Crippen LogP contribution in [0, 0.1) is 11.3 Å². The lowest BCUT2D eigenvalue weighted by Gasteiger charge is -2.11. The lowest BCUT2D eigenvalue weighted by atomic mass is 10.1. The minimum Gasteiger partial charge on any atom is -0.488 e. The van der Waals surface area contributed by atoms with Gasteiger partial charge in [-0.1, -0.05) is 48.5 Å². The van der Waals surface area contributed by atoms with Crippen molar-refractivity contribution in [1.29, 1.82) is 5.26 Å². The summed E-state index contributed by atoms with van der Waals surface area (Å²) in [7, 11) is 0. The van der Waals surface area contributed by atoms with E-state index in [1.165, 1.54) is 10.8 Å². The number of amides is 1. The zero-order valence-corrected chi connectivity index (χ0v) is 19.1. The molecule has 32 heavy (non-hydrogen) atoms. The molecule has 162 valence electrons. The molecule has 5 nitrogen and oxygen atoms in total. The second-order valence-electron chi connectivity index (χ2n) is 7.63. The van der Waals surface area contributed by atoms with Crippen LogP contribution < -0.4 is 10.1 Å². The van der Waals surface area contributed by atoms with Gasteiger partial charge in [-0.3, -0.25) is 4.79 Å². The Kier molecular flexibility index (Phi) is 7.21. The standard InChI is InChI=1S/C26H23BrN2O3/c27-24-14-18(13-21(15-28)26(30)29-16-22-8-4-12-31-22)10-11-25(24)32-17-20-7-3-6-19-5-1-2-9-23(19)20/h1-3,5-7,9-11,13-14,22H,4,8,12,16-17H2,(H,29,30)/b21-13+/t22-/m1/s1. The van der Waals surface area contributed by atoms with E-state index in [1.807, 2.05) is 42.5 Å². The molecule has 1 N–H and O–H groups in total. The molecular weight excluding hydrogens is 468 g/mol. The Balaban J connectivity index is 1.42. The van der Waals surface area contributed by atoms with Gasteiger partial charge >= 0.3 is 0 Å². The minimum atomic E-state index is -0.393. The van der Waals surface area contributed by atoms with Crippen molar-refractivity contribution in [2.45, 2.75) is 25.6 Å². The van der Waals surface area contributed by atoms with Crippen LogP contribution in [0.2, 0.25) is 0 Å². The van der Waals surface area contributed by atoms with Gasteiger partial charge in [-0.25, -0.2) is 0 Å². The average molecular weight is 491 g/mol. The van der Waals surface area contributed by atoms with Crippen molar-refractivity contribution in [3.05, 3.63) is 81.8 Å². The topological polar surface area (TPSA) is 71.3 Å². The number of ether oxygens (including phenoxy) is 2. The summed E-state index contributed by atoms with van der Waals surface area (Å²) in [5.74, 6) is 0.298. The molecule has 0 radical (unpaired) electrons. The van der Waals surface area contributed by atoms with E-state index in [4.69, 9.17) is 9.47 Å². The molecular formula is C26H23BrN2O3. The minimum absolute atomic E-state index is 0.0335. The van der Waals surface area contributed by atoms with Crippen LogP contribution in [0.15, 0.2) is 70.7 Å². The first kappa shape index (κ1) is 22.1. The first-order valence-corrected chi connectivity index (χ1v) is 11.3. The van der Waals surface area contributed by atoms with Gasteiger partial charge in [0.15, 0.2) is 0 Å². The van der Waals surface area contributed by atoms with Gasteiger partial charge in [0.05, 0.1) is 10.6 Å². The largest absolute Gasteiger partial charge is 0.488 e. The SMILES string of the molecule is N#C/C(=C\c1ccc(OCc2cccc3ccccc23)c(Br)c1)C(=O)NC[C@H]1CCCO1. The molecule has 1 heterocycles. The van der Waals surface area contributed by atoms with Crippen LogP contribution in [-0.2, 0) is 16.1 Å². The van der Waals surface area contributed by atoms with Crippen molar-refractivity contribution in [2.75, 3.05) is 13.2 Å². The van der Waals surface area contributed by atoms with E-state index in [0.717, 1.165) is 35.0 Å².